The van der Waals surface area contributed by atoms with Crippen molar-refractivity contribution in [1.29, 1.82) is 5.26 Å². The van der Waals surface area contributed by atoms with E-state index in [1.807, 2.05) is 18.2 Å². The first-order chi connectivity index (χ1) is 9.27. The number of unbranched alkanes of at least 4 members (excludes halogenated alkanes) is 6. The van der Waals surface area contributed by atoms with Crippen LogP contribution in [0.3, 0.4) is 0 Å². The van der Waals surface area contributed by atoms with E-state index in [0.29, 0.717) is 0 Å². The molecular formula is C17H26N2. The fourth-order valence-electron chi connectivity index (χ4n) is 2.19. The molecule has 0 aliphatic heterocycles. The van der Waals surface area contributed by atoms with Crippen LogP contribution in [0.25, 0.3) is 0 Å². The Hall–Kier alpha value is -1.49. The summed E-state index contributed by atoms with van der Waals surface area (Å²) in [6.07, 6.45) is 9.30. The van der Waals surface area contributed by atoms with E-state index in [0.717, 1.165) is 17.8 Å². The Balaban J connectivity index is 2.17. The molecule has 1 aromatic rings. The van der Waals surface area contributed by atoms with E-state index in [4.69, 9.17) is 5.26 Å². The van der Waals surface area contributed by atoms with E-state index < -0.39 is 0 Å². The lowest BCUT2D eigenvalue weighted by molar-refractivity contribution is 0.596. The van der Waals surface area contributed by atoms with E-state index in [1.54, 1.807) is 0 Å². The van der Waals surface area contributed by atoms with Gasteiger partial charge in [0.25, 0.3) is 0 Å². The number of anilines is 1. The molecule has 0 unspecified atom stereocenters. The third-order valence-corrected chi connectivity index (χ3v) is 3.46. The van der Waals surface area contributed by atoms with Crippen LogP contribution >= 0.6 is 0 Å². The van der Waals surface area contributed by atoms with Crippen LogP contribution in [-0.2, 0) is 0 Å². The lowest BCUT2D eigenvalue weighted by Gasteiger charge is -2.09. The van der Waals surface area contributed by atoms with Crippen LogP contribution in [0, 0.1) is 18.3 Å². The van der Waals surface area contributed by atoms with Crippen LogP contribution in [-0.4, -0.2) is 6.54 Å². The molecule has 0 spiro atoms. The van der Waals surface area contributed by atoms with Crippen molar-refractivity contribution in [2.24, 2.45) is 0 Å². The van der Waals surface area contributed by atoms with Crippen LogP contribution in [0.4, 0.5) is 5.69 Å². The van der Waals surface area contributed by atoms with Crippen molar-refractivity contribution in [2.45, 2.75) is 58.8 Å². The Labute approximate surface area is 117 Å². The summed E-state index contributed by atoms with van der Waals surface area (Å²) in [5, 5.41) is 12.3. The van der Waals surface area contributed by atoms with Crippen molar-refractivity contribution in [1.82, 2.24) is 0 Å². The van der Waals surface area contributed by atoms with Gasteiger partial charge in [-0.1, -0.05) is 51.5 Å². The van der Waals surface area contributed by atoms with Gasteiger partial charge in [-0.05, 0) is 31.0 Å². The quantitative estimate of drug-likeness (QED) is 0.631. The summed E-state index contributed by atoms with van der Waals surface area (Å²) in [6.45, 7) is 5.33. The van der Waals surface area contributed by atoms with Gasteiger partial charge in [-0.15, -0.1) is 0 Å². The summed E-state index contributed by atoms with van der Waals surface area (Å²) in [7, 11) is 0. The van der Waals surface area contributed by atoms with Gasteiger partial charge in [-0.25, -0.2) is 0 Å². The first-order valence-corrected chi connectivity index (χ1v) is 7.52. The molecule has 1 rings (SSSR count). The molecule has 0 aliphatic rings. The fraction of sp³-hybridized carbons (Fsp3) is 0.588. The fourth-order valence-corrected chi connectivity index (χ4v) is 2.19. The molecule has 0 atom stereocenters. The highest BCUT2D eigenvalue weighted by Crippen LogP contribution is 2.16. The highest BCUT2D eigenvalue weighted by Gasteiger charge is 1.99. The van der Waals surface area contributed by atoms with Gasteiger partial charge >= 0.3 is 0 Å². The molecule has 0 aromatic heterocycles. The van der Waals surface area contributed by atoms with Crippen molar-refractivity contribution in [3.63, 3.8) is 0 Å². The van der Waals surface area contributed by atoms with Crippen LogP contribution in [0.2, 0.25) is 0 Å². The molecule has 2 heteroatoms. The molecule has 0 bridgehead atoms. The number of rotatable bonds is 9. The second kappa shape index (κ2) is 9.44. The zero-order chi connectivity index (χ0) is 13.9. The highest BCUT2D eigenvalue weighted by molar-refractivity contribution is 5.55. The van der Waals surface area contributed by atoms with Gasteiger partial charge in [0.15, 0.2) is 0 Å². The predicted octanol–water partition coefficient (Wildman–Crippen LogP) is 5.03. The second-order valence-corrected chi connectivity index (χ2v) is 5.19. The second-order valence-electron chi connectivity index (χ2n) is 5.19. The van der Waals surface area contributed by atoms with Gasteiger partial charge in [0.05, 0.1) is 11.6 Å². The van der Waals surface area contributed by atoms with Crippen LogP contribution in [0.5, 0.6) is 0 Å². The van der Waals surface area contributed by atoms with Crippen molar-refractivity contribution in [3.05, 3.63) is 29.3 Å². The van der Waals surface area contributed by atoms with Gasteiger partial charge in [-0.2, -0.15) is 5.26 Å². The lowest BCUT2D eigenvalue weighted by Crippen LogP contribution is -2.03. The topological polar surface area (TPSA) is 35.8 Å². The molecule has 104 valence electrons. The molecular weight excluding hydrogens is 232 g/mol. The van der Waals surface area contributed by atoms with Gasteiger partial charge < -0.3 is 5.32 Å². The molecule has 0 aliphatic carbocycles. The number of nitriles is 1. The molecule has 0 heterocycles. The molecule has 0 radical (unpaired) electrons. The van der Waals surface area contributed by atoms with Gasteiger partial charge in [-0.3, -0.25) is 0 Å². The van der Waals surface area contributed by atoms with Crippen LogP contribution in [0.1, 0.15) is 63.0 Å². The first kappa shape index (κ1) is 15.6. The third kappa shape index (κ3) is 6.29. The Morgan fingerprint density at radius 2 is 1.74 bits per heavy atom. The summed E-state index contributed by atoms with van der Waals surface area (Å²) in [4.78, 5) is 0. The molecule has 0 fully saturated rings. The summed E-state index contributed by atoms with van der Waals surface area (Å²) in [5.74, 6) is 0. The Bertz CT molecular complexity index is 404. The maximum absolute atomic E-state index is 8.89. The summed E-state index contributed by atoms with van der Waals surface area (Å²) in [6, 6.07) is 8.00. The SMILES string of the molecule is CCCCCCCCCNc1cc(C#N)ccc1C. The number of benzene rings is 1. The lowest BCUT2D eigenvalue weighted by atomic mass is 10.1. The minimum atomic E-state index is 0.729. The molecule has 1 aromatic carbocycles. The molecule has 1 N–H and O–H groups in total. The standard InChI is InChI=1S/C17H26N2/c1-3-4-5-6-7-8-9-12-19-17-13-16(14-18)11-10-15(17)2/h10-11,13,19H,3-9,12H2,1-2H3. The summed E-state index contributed by atoms with van der Waals surface area (Å²) < 4.78 is 0. The number of hydrogen-bond acceptors (Lipinski definition) is 2. The van der Waals surface area contributed by atoms with E-state index in [9.17, 15) is 0 Å². The van der Waals surface area contributed by atoms with Crippen molar-refractivity contribution in [2.75, 3.05) is 11.9 Å². The Morgan fingerprint density at radius 3 is 2.42 bits per heavy atom. The van der Waals surface area contributed by atoms with Gasteiger partial charge in [0, 0.05) is 12.2 Å². The average Bonchev–Trinajstić information content (AvgIpc) is 2.43. The minimum absolute atomic E-state index is 0.729. The average molecular weight is 258 g/mol. The van der Waals surface area contributed by atoms with Crippen LogP contribution in [0.15, 0.2) is 18.2 Å². The van der Waals surface area contributed by atoms with E-state index in [2.05, 4.69) is 25.2 Å². The molecule has 0 amide bonds. The molecule has 19 heavy (non-hydrogen) atoms. The van der Waals surface area contributed by atoms with E-state index >= 15 is 0 Å². The van der Waals surface area contributed by atoms with Crippen molar-refractivity contribution >= 4 is 5.69 Å². The van der Waals surface area contributed by atoms with Crippen molar-refractivity contribution in [3.8, 4) is 6.07 Å². The summed E-state index contributed by atoms with van der Waals surface area (Å²) in [5.41, 5.74) is 3.04. The smallest absolute Gasteiger partial charge is 0.0992 e. The number of hydrogen-bond donors (Lipinski definition) is 1. The Morgan fingerprint density at radius 1 is 1.05 bits per heavy atom. The van der Waals surface area contributed by atoms with Crippen LogP contribution < -0.4 is 5.32 Å². The minimum Gasteiger partial charge on any atom is -0.385 e. The van der Waals surface area contributed by atoms with E-state index in [-0.39, 0.29) is 0 Å². The maximum Gasteiger partial charge on any atom is 0.0992 e. The van der Waals surface area contributed by atoms with E-state index in [1.165, 1.54) is 50.5 Å². The van der Waals surface area contributed by atoms with Gasteiger partial charge in [0.2, 0.25) is 0 Å². The first-order valence-electron chi connectivity index (χ1n) is 7.52. The normalized spacial score (nSPS) is 10.2. The zero-order valence-electron chi connectivity index (χ0n) is 12.3. The monoisotopic (exact) mass is 258 g/mol. The third-order valence-electron chi connectivity index (χ3n) is 3.46. The van der Waals surface area contributed by atoms with Gasteiger partial charge in [0.1, 0.15) is 0 Å². The van der Waals surface area contributed by atoms with Crippen molar-refractivity contribution < 1.29 is 0 Å². The predicted molar refractivity (Wildman–Crippen MR) is 82.4 cm³/mol. The number of aryl methyl sites for hydroxylation is 1. The molecule has 0 saturated heterocycles. The molecule has 2 nitrogen and oxygen atoms in total. The maximum atomic E-state index is 8.89. The highest BCUT2D eigenvalue weighted by atomic mass is 14.9. The number of nitrogens with one attached hydrogen (secondary N) is 1. The largest absolute Gasteiger partial charge is 0.385 e. The zero-order valence-corrected chi connectivity index (χ0v) is 12.3. The number of nitrogens with zero attached hydrogens (tertiary/aromatic N) is 1. The molecule has 0 saturated carbocycles. The Kier molecular flexibility index (Phi) is 7.74. The summed E-state index contributed by atoms with van der Waals surface area (Å²) >= 11 is 0.